The van der Waals surface area contributed by atoms with Crippen LogP contribution in [0.1, 0.15) is 15.4 Å². The second kappa shape index (κ2) is 7.84. The summed E-state index contributed by atoms with van der Waals surface area (Å²) >= 11 is 1.41. The summed E-state index contributed by atoms with van der Waals surface area (Å²) in [6, 6.07) is 13.9. The zero-order chi connectivity index (χ0) is 21.3. The van der Waals surface area contributed by atoms with Gasteiger partial charge in [-0.15, -0.1) is 16.1 Å². The molecule has 4 aromatic rings. The average molecular weight is 425 g/mol. The van der Waals surface area contributed by atoms with Crippen molar-refractivity contribution < 1.29 is 24.6 Å². The molecule has 2 aromatic heterocycles. The summed E-state index contributed by atoms with van der Waals surface area (Å²) in [7, 11) is 0. The van der Waals surface area contributed by atoms with Gasteiger partial charge in [-0.3, -0.25) is 14.4 Å². The predicted molar refractivity (Wildman–Crippen MR) is 110 cm³/mol. The minimum Gasteiger partial charge on any atom is -0.506 e. The Labute approximate surface area is 172 Å². The molecule has 0 unspecified atom stereocenters. The lowest BCUT2D eigenvalue weighted by Crippen LogP contribution is -2.37. The standard InChI is InChI=1S/C20H15N3O6S/c24-16(25)9-21-19(27)17-18(26)11-5-1-3-7-13(11)23(20(17)28)29-10-15-22-12-6-2-4-8-14(12)30-15/h1-8,26H,9-10H2,(H,21,27)(H,24,25). The molecule has 0 aliphatic rings. The van der Waals surface area contributed by atoms with E-state index < -0.39 is 35.3 Å². The van der Waals surface area contributed by atoms with Gasteiger partial charge in [0, 0.05) is 5.39 Å². The van der Waals surface area contributed by atoms with Crippen LogP contribution in [0, 0.1) is 0 Å². The van der Waals surface area contributed by atoms with Gasteiger partial charge in [-0.25, -0.2) is 4.98 Å². The largest absolute Gasteiger partial charge is 0.506 e. The van der Waals surface area contributed by atoms with E-state index in [1.807, 2.05) is 24.3 Å². The number of nitrogens with zero attached hydrogens (tertiary/aromatic N) is 2. The number of carbonyl (C=O) groups is 2. The number of thiazole rings is 1. The van der Waals surface area contributed by atoms with E-state index in [1.165, 1.54) is 17.4 Å². The number of nitrogens with one attached hydrogen (secondary N) is 1. The van der Waals surface area contributed by atoms with Crippen molar-refractivity contribution in [1.82, 2.24) is 15.0 Å². The van der Waals surface area contributed by atoms with Crippen LogP contribution in [0.3, 0.4) is 0 Å². The highest BCUT2D eigenvalue weighted by molar-refractivity contribution is 7.18. The van der Waals surface area contributed by atoms with Gasteiger partial charge in [-0.2, -0.15) is 0 Å². The van der Waals surface area contributed by atoms with E-state index in [-0.39, 0.29) is 17.5 Å². The summed E-state index contributed by atoms with van der Waals surface area (Å²) in [6.45, 7) is -0.735. The first-order valence-corrected chi connectivity index (χ1v) is 9.62. The Balaban J connectivity index is 1.75. The number of aliphatic carboxylic acids is 1. The first kappa shape index (κ1) is 19.4. The van der Waals surface area contributed by atoms with Gasteiger partial charge < -0.3 is 20.4 Å². The second-order valence-electron chi connectivity index (χ2n) is 6.27. The highest BCUT2D eigenvalue weighted by Crippen LogP contribution is 2.26. The number of hydrogen-bond donors (Lipinski definition) is 3. The third-order valence-corrected chi connectivity index (χ3v) is 5.31. The molecule has 0 radical (unpaired) electrons. The van der Waals surface area contributed by atoms with Gasteiger partial charge in [0.25, 0.3) is 11.5 Å². The SMILES string of the molecule is O=C(O)CNC(=O)c1c(O)c2ccccc2n(OCc2nc3ccccc3s2)c1=O. The number of carboxylic acid groups (broad SMARTS) is 1. The molecular weight excluding hydrogens is 410 g/mol. The Morgan fingerprint density at radius 2 is 1.87 bits per heavy atom. The van der Waals surface area contributed by atoms with Crippen LogP contribution in [0.5, 0.6) is 5.75 Å². The Kier molecular flexibility index (Phi) is 5.07. The molecule has 0 saturated carbocycles. The third-order valence-electron chi connectivity index (χ3n) is 4.30. The van der Waals surface area contributed by atoms with Crippen LogP contribution in [0.4, 0.5) is 0 Å². The van der Waals surface area contributed by atoms with Crippen molar-refractivity contribution in [2.45, 2.75) is 6.61 Å². The Morgan fingerprint density at radius 3 is 2.63 bits per heavy atom. The summed E-state index contributed by atoms with van der Waals surface area (Å²) in [6.07, 6.45) is 0. The maximum absolute atomic E-state index is 12.9. The molecule has 1 amide bonds. The number of amides is 1. The van der Waals surface area contributed by atoms with Crippen molar-refractivity contribution in [2.75, 3.05) is 6.54 Å². The lowest BCUT2D eigenvalue weighted by Gasteiger charge is -2.14. The van der Waals surface area contributed by atoms with Crippen LogP contribution in [-0.2, 0) is 11.4 Å². The fourth-order valence-electron chi connectivity index (χ4n) is 2.98. The first-order chi connectivity index (χ1) is 14.5. The monoisotopic (exact) mass is 425 g/mol. The molecule has 3 N–H and O–H groups in total. The molecule has 152 valence electrons. The molecule has 0 fully saturated rings. The number of carbonyl (C=O) groups excluding carboxylic acids is 1. The lowest BCUT2D eigenvalue weighted by atomic mass is 10.1. The third kappa shape index (κ3) is 3.55. The van der Waals surface area contributed by atoms with Crippen LogP contribution in [-0.4, -0.2) is 38.3 Å². The average Bonchev–Trinajstić information content (AvgIpc) is 3.15. The number of aromatic hydroxyl groups is 1. The quantitative estimate of drug-likeness (QED) is 0.429. The smallest absolute Gasteiger partial charge is 0.322 e. The van der Waals surface area contributed by atoms with Gasteiger partial charge in [0.15, 0.2) is 12.2 Å². The normalized spacial score (nSPS) is 10.9. The fourth-order valence-corrected chi connectivity index (χ4v) is 3.85. The molecule has 2 aromatic carbocycles. The van der Waals surface area contributed by atoms with Crippen LogP contribution >= 0.6 is 11.3 Å². The summed E-state index contributed by atoms with van der Waals surface area (Å²) in [5, 5.41) is 22.2. The molecule has 9 nitrogen and oxygen atoms in total. The van der Waals surface area contributed by atoms with Crippen LogP contribution in [0.2, 0.25) is 0 Å². The minimum absolute atomic E-state index is 0.0375. The number of aromatic nitrogens is 2. The first-order valence-electron chi connectivity index (χ1n) is 8.80. The van der Waals surface area contributed by atoms with Crippen LogP contribution < -0.4 is 15.7 Å². The number of carboxylic acids is 1. The van der Waals surface area contributed by atoms with Gasteiger partial charge in [0.1, 0.15) is 17.3 Å². The molecule has 0 aliphatic heterocycles. The second-order valence-corrected chi connectivity index (χ2v) is 7.38. The maximum Gasteiger partial charge on any atom is 0.322 e. The van der Waals surface area contributed by atoms with E-state index in [0.29, 0.717) is 5.01 Å². The van der Waals surface area contributed by atoms with Crippen molar-refractivity contribution >= 4 is 44.3 Å². The van der Waals surface area contributed by atoms with Gasteiger partial charge in [0.2, 0.25) is 0 Å². The summed E-state index contributed by atoms with van der Waals surface area (Å²) in [5.74, 6) is -2.84. The molecule has 2 heterocycles. The Bertz CT molecular complexity index is 1310. The Hall–Kier alpha value is -3.92. The summed E-state index contributed by atoms with van der Waals surface area (Å²) in [4.78, 5) is 46.2. The molecule has 10 heteroatoms. The molecule has 0 atom stereocenters. The van der Waals surface area contributed by atoms with E-state index in [0.717, 1.165) is 14.9 Å². The summed E-state index contributed by atoms with van der Waals surface area (Å²) in [5.41, 5.74) is -0.442. The van der Waals surface area contributed by atoms with E-state index >= 15 is 0 Å². The number of fused-ring (bicyclic) bond motifs is 2. The van der Waals surface area contributed by atoms with E-state index in [4.69, 9.17) is 9.94 Å². The number of para-hydroxylation sites is 2. The van der Waals surface area contributed by atoms with Gasteiger partial charge in [-0.05, 0) is 24.3 Å². The maximum atomic E-state index is 12.9. The van der Waals surface area contributed by atoms with E-state index in [9.17, 15) is 19.5 Å². The molecule has 0 aliphatic carbocycles. The molecule has 0 saturated heterocycles. The Morgan fingerprint density at radius 1 is 1.13 bits per heavy atom. The highest BCUT2D eigenvalue weighted by atomic mass is 32.1. The van der Waals surface area contributed by atoms with Gasteiger partial charge in [0.05, 0.1) is 15.7 Å². The van der Waals surface area contributed by atoms with Crippen LogP contribution in [0.15, 0.2) is 53.3 Å². The number of pyridine rings is 1. The van der Waals surface area contributed by atoms with E-state index in [2.05, 4.69) is 10.3 Å². The topological polar surface area (TPSA) is 131 Å². The van der Waals surface area contributed by atoms with Crippen molar-refractivity contribution in [3.05, 3.63) is 69.5 Å². The van der Waals surface area contributed by atoms with Gasteiger partial charge in [-0.1, -0.05) is 24.3 Å². The van der Waals surface area contributed by atoms with Crippen molar-refractivity contribution in [2.24, 2.45) is 0 Å². The summed E-state index contributed by atoms with van der Waals surface area (Å²) < 4.78 is 1.88. The molecule has 0 spiro atoms. The molecule has 4 rings (SSSR count). The predicted octanol–water partition coefficient (Wildman–Crippen LogP) is 1.76. The van der Waals surface area contributed by atoms with Crippen molar-refractivity contribution in [1.29, 1.82) is 0 Å². The number of hydrogen-bond acceptors (Lipinski definition) is 7. The van der Waals surface area contributed by atoms with Crippen LogP contribution in [0.25, 0.3) is 21.1 Å². The fraction of sp³-hybridized carbons (Fsp3) is 0.100. The zero-order valence-electron chi connectivity index (χ0n) is 15.4. The zero-order valence-corrected chi connectivity index (χ0v) is 16.2. The highest BCUT2D eigenvalue weighted by Gasteiger charge is 2.23. The minimum atomic E-state index is -1.28. The molecule has 30 heavy (non-hydrogen) atoms. The van der Waals surface area contributed by atoms with Crippen molar-refractivity contribution in [3.63, 3.8) is 0 Å². The molecule has 0 bridgehead atoms. The van der Waals surface area contributed by atoms with Crippen molar-refractivity contribution in [3.8, 4) is 5.75 Å². The molecular formula is C20H15N3O6S. The lowest BCUT2D eigenvalue weighted by molar-refractivity contribution is -0.135. The van der Waals surface area contributed by atoms with E-state index in [1.54, 1.807) is 18.2 Å². The number of rotatable bonds is 6. The van der Waals surface area contributed by atoms with Gasteiger partial charge >= 0.3 is 5.97 Å². The number of benzene rings is 2.